The molecule has 0 aromatic rings. The van der Waals surface area contributed by atoms with Crippen LogP contribution in [0, 0.1) is 27.9 Å². The molecule has 1 fully saturated rings. The number of nitro groups is 1. The van der Waals surface area contributed by atoms with Crippen molar-refractivity contribution >= 4 is 11.9 Å². The Hall–Kier alpha value is -1.92. The van der Waals surface area contributed by atoms with Crippen LogP contribution in [-0.4, -0.2) is 32.6 Å². The second-order valence-corrected chi connectivity index (χ2v) is 4.09. The van der Waals surface area contributed by atoms with Crippen molar-refractivity contribution in [2.24, 2.45) is 17.8 Å². The molecule has 2 rings (SSSR count). The van der Waals surface area contributed by atoms with Crippen molar-refractivity contribution in [3.63, 3.8) is 0 Å². The van der Waals surface area contributed by atoms with Crippen molar-refractivity contribution in [1.82, 2.24) is 0 Å². The highest BCUT2D eigenvalue weighted by Gasteiger charge is 2.73. The summed E-state index contributed by atoms with van der Waals surface area (Å²) in [5.74, 6) is -5.94. The summed E-state index contributed by atoms with van der Waals surface area (Å²) in [7, 11) is 0. The van der Waals surface area contributed by atoms with Crippen LogP contribution in [-0.2, 0) is 9.59 Å². The lowest BCUT2D eigenvalue weighted by molar-refractivity contribution is -0.567. The largest absolute Gasteiger partial charge is 0.481 e. The number of fused-ring (bicyclic) bond motifs is 2. The van der Waals surface area contributed by atoms with E-state index in [1.807, 2.05) is 0 Å². The molecule has 0 radical (unpaired) electrons. The predicted octanol–water partition coefficient (Wildman–Crippen LogP) is -0.00680. The van der Waals surface area contributed by atoms with Crippen LogP contribution in [0.4, 0.5) is 0 Å². The van der Waals surface area contributed by atoms with E-state index in [2.05, 4.69) is 0 Å². The van der Waals surface area contributed by atoms with Gasteiger partial charge in [0.1, 0.15) is 5.92 Å². The zero-order valence-electron chi connectivity index (χ0n) is 8.07. The molecule has 0 saturated heterocycles. The van der Waals surface area contributed by atoms with E-state index in [0.29, 0.717) is 0 Å². The molecule has 1 saturated carbocycles. The number of hydrogen-bond acceptors (Lipinski definition) is 4. The van der Waals surface area contributed by atoms with Gasteiger partial charge in [-0.3, -0.25) is 14.9 Å². The Kier molecular flexibility index (Phi) is 2.01. The minimum atomic E-state index is -2.40. The van der Waals surface area contributed by atoms with Crippen LogP contribution in [0.15, 0.2) is 12.2 Å². The first-order chi connectivity index (χ1) is 7.42. The van der Waals surface area contributed by atoms with E-state index < -0.39 is 40.2 Å². The summed E-state index contributed by atoms with van der Waals surface area (Å²) in [6.07, 6.45) is 3.24. The molecule has 0 unspecified atom stereocenters. The molecule has 2 N–H and O–H groups in total. The Labute approximate surface area is 89.5 Å². The lowest BCUT2D eigenvalue weighted by Gasteiger charge is -2.27. The number of aliphatic carboxylic acids is 2. The van der Waals surface area contributed by atoms with Crippen LogP contribution in [0.25, 0.3) is 0 Å². The van der Waals surface area contributed by atoms with Gasteiger partial charge in [0.05, 0.1) is 5.92 Å². The van der Waals surface area contributed by atoms with Crippen LogP contribution < -0.4 is 0 Å². The zero-order valence-corrected chi connectivity index (χ0v) is 8.07. The summed E-state index contributed by atoms with van der Waals surface area (Å²) >= 11 is 0. The van der Waals surface area contributed by atoms with Crippen molar-refractivity contribution in [3.05, 3.63) is 22.3 Å². The van der Waals surface area contributed by atoms with Gasteiger partial charge in [-0.15, -0.1) is 0 Å². The van der Waals surface area contributed by atoms with Crippen LogP contribution in [0.1, 0.15) is 6.42 Å². The Morgan fingerprint density at radius 1 is 1.38 bits per heavy atom. The van der Waals surface area contributed by atoms with E-state index in [1.165, 1.54) is 6.08 Å². The molecule has 16 heavy (non-hydrogen) atoms. The van der Waals surface area contributed by atoms with Crippen molar-refractivity contribution in [1.29, 1.82) is 0 Å². The van der Waals surface area contributed by atoms with Gasteiger partial charge in [-0.05, 0) is 12.3 Å². The summed E-state index contributed by atoms with van der Waals surface area (Å²) in [6.45, 7) is 0. The molecular formula is C9H9NO6. The molecule has 2 aliphatic rings. The fourth-order valence-electron chi connectivity index (χ4n) is 2.85. The number of allylic oxidation sites excluding steroid dienone is 1. The number of nitrogens with zero attached hydrogens (tertiary/aromatic N) is 1. The molecule has 0 amide bonds. The second kappa shape index (κ2) is 3.03. The number of hydrogen-bond donors (Lipinski definition) is 2. The van der Waals surface area contributed by atoms with Gasteiger partial charge < -0.3 is 10.2 Å². The Morgan fingerprint density at radius 3 is 2.38 bits per heavy atom. The van der Waals surface area contributed by atoms with Crippen molar-refractivity contribution in [2.75, 3.05) is 0 Å². The van der Waals surface area contributed by atoms with Gasteiger partial charge in [0.25, 0.3) is 0 Å². The van der Waals surface area contributed by atoms with E-state index in [4.69, 9.17) is 10.2 Å². The maximum Gasteiger partial charge on any atom is 0.384 e. The number of carbonyl (C=O) groups is 2. The third-order valence-electron chi connectivity index (χ3n) is 3.50. The molecule has 0 aromatic carbocycles. The standard InChI is InChI=1S/C9H9NO6/c11-7(12)6-4-1-2-5(3-4)9(6,8(13)14)10(15)16/h1-2,4-6H,3H2,(H,11,12)(H,13,14)/t4-,5-,6+,9-/m0/s1. The summed E-state index contributed by atoms with van der Waals surface area (Å²) in [5, 5.41) is 29.0. The van der Waals surface area contributed by atoms with Gasteiger partial charge in [0.15, 0.2) is 0 Å². The van der Waals surface area contributed by atoms with Gasteiger partial charge in [0.2, 0.25) is 0 Å². The average Bonchev–Trinajstić information content (AvgIpc) is 2.73. The van der Waals surface area contributed by atoms with Gasteiger partial charge >= 0.3 is 17.5 Å². The van der Waals surface area contributed by atoms with Gasteiger partial charge in [-0.25, -0.2) is 4.79 Å². The average molecular weight is 227 g/mol. The quantitative estimate of drug-likeness (QED) is 0.397. The Balaban J connectivity index is 2.59. The lowest BCUT2D eigenvalue weighted by atomic mass is 9.76. The molecule has 86 valence electrons. The van der Waals surface area contributed by atoms with Crippen molar-refractivity contribution in [3.8, 4) is 0 Å². The number of carboxylic acids is 2. The molecule has 4 atom stereocenters. The first kappa shape index (κ1) is 10.6. The molecule has 7 nitrogen and oxygen atoms in total. The van der Waals surface area contributed by atoms with E-state index >= 15 is 0 Å². The summed E-state index contributed by atoms with van der Waals surface area (Å²) < 4.78 is 0. The third kappa shape index (κ3) is 0.971. The van der Waals surface area contributed by atoms with E-state index in [0.717, 1.165) is 0 Å². The minimum Gasteiger partial charge on any atom is -0.481 e. The number of carboxylic acid groups (broad SMARTS) is 2. The normalized spacial score (nSPS) is 39.9. The molecule has 2 bridgehead atoms. The maximum absolute atomic E-state index is 11.1. The SMILES string of the molecule is O=C(O)[C@H]1[C@H]2C=C[C@@H](C2)[C@]1(C(=O)O)[N+](=O)[O-]. The Bertz CT molecular complexity index is 400. The second-order valence-electron chi connectivity index (χ2n) is 4.09. The van der Waals surface area contributed by atoms with Crippen molar-refractivity contribution in [2.45, 2.75) is 12.0 Å². The monoisotopic (exact) mass is 227 g/mol. The minimum absolute atomic E-state index is 0.226. The third-order valence-corrected chi connectivity index (χ3v) is 3.50. The molecule has 2 aliphatic carbocycles. The molecule has 7 heteroatoms. The predicted molar refractivity (Wildman–Crippen MR) is 49.2 cm³/mol. The van der Waals surface area contributed by atoms with E-state index in [1.54, 1.807) is 6.08 Å². The summed E-state index contributed by atoms with van der Waals surface area (Å²) in [6, 6.07) is 0. The van der Waals surface area contributed by atoms with Gasteiger partial charge in [-0.1, -0.05) is 12.2 Å². The summed E-state index contributed by atoms with van der Waals surface area (Å²) in [4.78, 5) is 32.2. The highest BCUT2D eigenvalue weighted by atomic mass is 16.6. The highest BCUT2D eigenvalue weighted by Crippen LogP contribution is 2.52. The van der Waals surface area contributed by atoms with Crippen LogP contribution in [0.5, 0.6) is 0 Å². The first-order valence-electron chi connectivity index (χ1n) is 4.71. The van der Waals surface area contributed by atoms with Crippen LogP contribution in [0.2, 0.25) is 0 Å². The van der Waals surface area contributed by atoms with E-state index in [9.17, 15) is 19.7 Å². The fraction of sp³-hybridized carbons (Fsp3) is 0.556. The topological polar surface area (TPSA) is 118 Å². The van der Waals surface area contributed by atoms with Crippen molar-refractivity contribution < 1.29 is 24.7 Å². The number of rotatable bonds is 3. The maximum atomic E-state index is 11.1. The highest BCUT2D eigenvalue weighted by molar-refractivity contribution is 5.88. The van der Waals surface area contributed by atoms with Gasteiger partial charge in [0, 0.05) is 4.92 Å². The fourth-order valence-corrected chi connectivity index (χ4v) is 2.85. The molecule has 0 heterocycles. The molecule has 0 spiro atoms. The zero-order chi connectivity index (χ0) is 12.1. The smallest absolute Gasteiger partial charge is 0.384 e. The van der Waals surface area contributed by atoms with Crippen LogP contribution >= 0.6 is 0 Å². The van der Waals surface area contributed by atoms with E-state index in [-0.39, 0.29) is 6.42 Å². The molecule has 0 aromatic heterocycles. The Morgan fingerprint density at radius 2 is 2.00 bits per heavy atom. The van der Waals surface area contributed by atoms with Gasteiger partial charge in [-0.2, -0.15) is 0 Å². The van der Waals surface area contributed by atoms with Crippen LogP contribution in [0.3, 0.4) is 0 Å². The summed E-state index contributed by atoms with van der Waals surface area (Å²) in [5.41, 5.74) is -2.40. The first-order valence-corrected chi connectivity index (χ1v) is 4.71. The lowest BCUT2D eigenvalue weighted by Crippen LogP contribution is -2.57. The molecular weight excluding hydrogens is 218 g/mol. The molecule has 0 aliphatic heterocycles.